The molecule has 2 atom stereocenters. The maximum absolute atomic E-state index is 12.3. The molecule has 0 radical (unpaired) electrons. The highest BCUT2D eigenvalue weighted by molar-refractivity contribution is 9.09. The van der Waals surface area contributed by atoms with Gasteiger partial charge < -0.3 is 5.32 Å². The molecule has 16 heavy (non-hydrogen) atoms. The zero-order valence-electron chi connectivity index (χ0n) is 10.7. The molecular formula is C13H24BrNO. The van der Waals surface area contributed by atoms with Gasteiger partial charge >= 0.3 is 0 Å². The van der Waals surface area contributed by atoms with Crippen LogP contribution in [0.15, 0.2) is 0 Å². The normalized spacial score (nSPS) is 22.8. The Morgan fingerprint density at radius 2 is 1.94 bits per heavy atom. The van der Waals surface area contributed by atoms with E-state index in [1.165, 1.54) is 12.8 Å². The third-order valence-electron chi connectivity index (χ3n) is 4.17. The fourth-order valence-corrected chi connectivity index (χ4v) is 2.99. The molecular weight excluding hydrogens is 266 g/mol. The van der Waals surface area contributed by atoms with Gasteiger partial charge in [0.05, 0.1) is 0 Å². The van der Waals surface area contributed by atoms with Crippen molar-refractivity contribution in [2.75, 3.05) is 5.33 Å². The minimum Gasteiger partial charge on any atom is -0.353 e. The summed E-state index contributed by atoms with van der Waals surface area (Å²) in [5.74, 6) is 0.770. The van der Waals surface area contributed by atoms with Gasteiger partial charge in [0.1, 0.15) is 0 Å². The number of halogens is 1. The minimum absolute atomic E-state index is 0.0553. The van der Waals surface area contributed by atoms with Crippen LogP contribution in [-0.2, 0) is 4.79 Å². The molecule has 1 aliphatic rings. The molecule has 0 spiro atoms. The highest BCUT2D eigenvalue weighted by Crippen LogP contribution is 2.41. The SMILES string of the molecule is CCC1(C(=O)NC(C)C(C)CBr)CCCC1. The third kappa shape index (κ3) is 2.99. The molecule has 2 unspecified atom stereocenters. The number of amides is 1. The Balaban J connectivity index is 2.56. The molecule has 0 heterocycles. The summed E-state index contributed by atoms with van der Waals surface area (Å²) in [6.07, 6.45) is 5.55. The van der Waals surface area contributed by atoms with Crippen LogP contribution in [-0.4, -0.2) is 17.3 Å². The molecule has 1 N–H and O–H groups in total. The van der Waals surface area contributed by atoms with Crippen molar-refractivity contribution < 1.29 is 4.79 Å². The maximum Gasteiger partial charge on any atom is 0.226 e. The van der Waals surface area contributed by atoms with Crippen LogP contribution in [0.2, 0.25) is 0 Å². The van der Waals surface area contributed by atoms with Crippen LogP contribution in [0.1, 0.15) is 52.9 Å². The molecule has 1 aliphatic carbocycles. The zero-order chi connectivity index (χ0) is 12.2. The van der Waals surface area contributed by atoms with E-state index in [0.717, 1.165) is 24.6 Å². The van der Waals surface area contributed by atoms with Crippen molar-refractivity contribution in [1.29, 1.82) is 0 Å². The van der Waals surface area contributed by atoms with E-state index in [-0.39, 0.29) is 17.4 Å². The molecule has 0 aromatic carbocycles. The van der Waals surface area contributed by atoms with Gasteiger partial charge in [-0.1, -0.05) is 42.6 Å². The van der Waals surface area contributed by atoms with E-state index in [1.54, 1.807) is 0 Å². The molecule has 0 aromatic rings. The third-order valence-corrected chi connectivity index (χ3v) is 5.20. The Bertz CT molecular complexity index is 236. The highest BCUT2D eigenvalue weighted by atomic mass is 79.9. The van der Waals surface area contributed by atoms with E-state index in [4.69, 9.17) is 0 Å². The first kappa shape index (κ1) is 14.0. The second kappa shape index (κ2) is 6.04. The number of carbonyl (C=O) groups excluding carboxylic acids is 1. The molecule has 0 saturated heterocycles. The van der Waals surface area contributed by atoms with Crippen LogP contribution in [0.25, 0.3) is 0 Å². The predicted octanol–water partition coefficient (Wildman–Crippen LogP) is 3.49. The molecule has 94 valence electrons. The number of hydrogen-bond donors (Lipinski definition) is 1. The number of alkyl halides is 1. The summed E-state index contributed by atoms with van der Waals surface area (Å²) in [7, 11) is 0. The van der Waals surface area contributed by atoms with Gasteiger partial charge in [0.2, 0.25) is 5.91 Å². The summed E-state index contributed by atoms with van der Waals surface area (Å²) in [6.45, 7) is 6.40. The predicted molar refractivity (Wildman–Crippen MR) is 71.8 cm³/mol. The average Bonchev–Trinajstić information content (AvgIpc) is 2.77. The first-order valence-electron chi connectivity index (χ1n) is 6.42. The first-order chi connectivity index (χ1) is 7.55. The molecule has 0 aromatic heterocycles. The van der Waals surface area contributed by atoms with E-state index < -0.39 is 0 Å². The second-order valence-electron chi connectivity index (χ2n) is 5.23. The lowest BCUT2D eigenvalue weighted by atomic mass is 9.82. The van der Waals surface area contributed by atoms with Crippen molar-refractivity contribution in [3.05, 3.63) is 0 Å². The Kier molecular flexibility index (Phi) is 5.29. The topological polar surface area (TPSA) is 29.1 Å². The van der Waals surface area contributed by atoms with Crippen molar-refractivity contribution >= 4 is 21.8 Å². The number of carbonyl (C=O) groups is 1. The van der Waals surface area contributed by atoms with E-state index >= 15 is 0 Å². The van der Waals surface area contributed by atoms with E-state index in [1.807, 2.05) is 0 Å². The summed E-state index contributed by atoms with van der Waals surface area (Å²) in [5, 5.41) is 4.13. The van der Waals surface area contributed by atoms with Gasteiger partial charge in [-0.15, -0.1) is 0 Å². The van der Waals surface area contributed by atoms with Crippen LogP contribution < -0.4 is 5.32 Å². The zero-order valence-corrected chi connectivity index (χ0v) is 12.3. The molecule has 1 fully saturated rings. The van der Waals surface area contributed by atoms with Crippen molar-refractivity contribution in [1.82, 2.24) is 5.32 Å². The Hall–Kier alpha value is -0.0500. The van der Waals surface area contributed by atoms with Gasteiger partial charge in [-0.25, -0.2) is 0 Å². The van der Waals surface area contributed by atoms with E-state index in [0.29, 0.717) is 5.92 Å². The summed E-state index contributed by atoms with van der Waals surface area (Å²) in [5.41, 5.74) is -0.0553. The van der Waals surface area contributed by atoms with Gasteiger partial charge in [0, 0.05) is 16.8 Å². The molecule has 1 rings (SSSR count). The lowest BCUT2D eigenvalue weighted by molar-refractivity contribution is -0.132. The van der Waals surface area contributed by atoms with Gasteiger partial charge in [0.25, 0.3) is 0 Å². The molecule has 0 bridgehead atoms. The number of nitrogens with one attached hydrogen (secondary N) is 1. The molecule has 2 nitrogen and oxygen atoms in total. The van der Waals surface area contributed by atoms with E-state index in [2.05, 4.69) is 42.0 Å². The highest BCUT2D eigenvalue weighted by Gasteiger charge is 2.39. The average molecular weight is 290 g/mol. The molecule has 1 amide bonds. The van der Waals surface area contributed by atoms with Gasteiger partial charge in [-0.2, -0.15) is 0 Å². The maximum atomic E-state index is 12.3. The monoisotopic (exact) mass is 289 g/mol. The standard InChI is InChI=1S/C13H24BrNO/c1-4-13(7-5-6-8-13)12(16)15-11(3)10(2)9-14/h10-11H,4-9H2,1-3H3,(H,15,16). The number of rotatable bonds is 5. The van der Waals surface area contributed by atoms with Gasteiger partial charge in [-0.3, -0.25) is 4.79 Å². The molecule has 3 heteroatoms. The van der Waals surface area contributed by atoms with Crippen molar-refractivity contribution in [3.8, 4) is 0 Å². The summed E-state index contributed by atoms with van der Waals surface area (Å²) >= 11 is 3.47. The van der Waals surface area contributed by atoms with Crippen LogP contribution in [0.4, 0.5) is 0 Å². The lowest BCUT2D eigenvalue weighted by Crippen LogP contribution is -2.45. The van der Waals surface area contributed by atoms with Gasteiger partial charge in [0.15, 0.2) is 0 Å². The Morgan fingerprint density at radius 3 is 2.38 bits per heavy atom. The molecule has 0 aliphatic heterocycles. The second-order valence-corrected chi connectivity index (χ2v) is 5.88. The van der Waals surface area contributed by atoms with E-state index in [9.17, 15) is 4.79 Å². The number of hydrogen-bond acceptors (Lipinski definition) is 1. The van der Waals surface area contributed by atoms with Crippen molar-refractivity contribution in [2.24, 2.45) is 11.3 Å². The van der Waals surface area contributed by atoms with Crippen molar-refractivity contribution in [2.45, 2.75) is 58.9 Å². The lowest BCUT2D eigenvalue weighted by Gasteiger charge is -2.29. The van der Waals surface area contributed by atoms with Crippen molar-refractivity contribution in [3.63, 3.8) is 0 Å². The molecule has 1 saturated carbocycles. The minimum atomic E-state index is -0.0553. The largest absolute Gasteiger partial charge is 0.353 e. The van der Waals surface area contributed by atoms with Crippen LogP contribution in [0.3, 0.4) is 0 Å². The Labute approximate surface area is 108 Å². The van der Waals surface area contributed by atoms with Gasteiger partial charge in [-0.05, 0) is 32.1 Å². The quantitative estimate of drug-likeness (QED) is 0.772. The summed E-state index contributed by atoms with van der Waals surface area (Å²) in [4.78, 5) is 12.3. The van der Waals surface area contributed by atoms with Crippen LogP contribution in [0.5, 0.6) is 0 Å². The smallest absolute Gasteiger partial charge is 0.226 e. The summed E-state index contributed by atoms with van der Waals surface area (Å²) in [6, 6.07) is 0.260. The fraction of sp³-hybridized carbons (Fsp3) is 0.923. The summed E-state index contributed by atoms with van der Waals surface area (Å²) < 4.78 is 0. The first-order valence-corrected chi connectivity index (χ1v) is 7.55. The van der Waals surface area contributed by atoms with Crippen LogP contribution in [0, 0.1) is 11.3 Å². The fourth-order valence-electron chi connectivity index (χ4n) is 2.43. The van der Waals surface area contributed by atoms with Crippen LogP contribution >= 0.6 is 15.9 Å². The Morgan fingerprint density at radius 1 is 1.38 bits per heavy atom.